The van der Waals surface area contributed by atoms with Crippen LogP contribution in [0.15, 0.2) is 0 Å². The average Bonchev–Trinajstić information content (AvgIpc) is 2.85. The van der Waals surface area contributed by atoms with Gasteiger partial charge in [0.05, 0.1) is 24.4 Å². The highest BCUT2D eigenvalue weighted by Crippen LogP contribution is 2.28. The second kappa shape index (κ2) is 6.23. The predicted molar refractivity (Wildman–Crippen MR) is 75.7 cm³/mol. The highest BCUT2D eigenvalue weighted by atomic mass is 16.5. The van der Waals surface area contributed by atoms with Crippen molar-refractivity contribution >= 4 is 5.91 Å². The maximum atomic E-state index is 12.7. The normalized spacial score (nSPS) is 35.6. The van der Waals surface area contributed by atoms with E-state index in [1.165, 1.54) is 0 Å². The summed E-state index contributed by atoms with van der Waals surface area (Å²) < 4.78 is 5.65. The van der Waals surface area contributed by atoms with Crippen LogP contribution in [0.1, 0.15) is 53.4 Å². The molecular weight excluding hydrogens is 240 g/mol. The van der Waals surface area contributed by atoms with E-state index in [1.54, 1.807) is 0 Å². The SMILES string of the molecule is CCCC1NC(CC(C)C)C(=O)N1C1CCOC1C. The molecule has 0 spiro atoms. The Kier molecular flexibility index (Phi) is 4.85. The van der Waals surface area contributed by atoms with Crippen molar-refractivity contribution in [3.05, 3.63) is 0 Å². The zero-order valence-corrected chi connectivity index (χ0v) is 12.7. The Morgan fingerprint density at radius 3 is 2.74 bits per heavy atom. The lowest BCUT2D eigenvalue weighted by Crippen LogP contribution is -2.47. The van der Waals surface area contributed by atoms with Gasteiger partial charge >= 0.3 is 0 Å². The van der Waals surface area contributed by atoms with Gasteiger partial charge in [-0.15, -0.1) is 0 Å². The number of carbonyl (C=O) groups is 1. The van der Waals surface area contributed by atoms with Crippen LogP contribution in [-0.4, -0.2) is 41.8 Å². The van der Waals surface area contributed by atoms with Crippen LogP contribution in [0.25, 0.3) is 0 Å². The summed E-state index contributed by atoms with van der Waals surface area (Å²) in [6.45, 7) is 9.39. The minimum Gasteiger partial charge on any atom is -0.376 e. The molecule has 0 bridgehead atoms. The summed E-state index contributed by atoms with van der Waals surface area (Å²) in [5.74, 6) is 0.829. The number of nitrogens with one attached hydrogen (secondary N) is 1. The molecule has 0 aromatic heterocycles. The van der Waals surface area contributed by atoms with Gasteiger partial charge in [0.1, 0.15) is 0 Å². The average molecular weight is 268 g/mol. The third-order valence-electron chi connectivity index (χ3n) is 4.24. The number of nitrogens with zero attached hydrogens (tertiary/aromatic N) is 1. The van der Waals surface area contributed by atoms with Crippen LogP contribution in [0, 0.1) is 5.92 Å². The van der Waals surface area contributed by atoms with E-state index in [9.17, 15) is 4.79 Å². The number of carbonyl (C=O) groups excluding carboxylic acids is 1. The van der Waals surface area contributed by atoms with Crippen molar-refractivity contribution in [2.45, 2.75) is 77.7 Å². The van der Waals surface area contributed by atoms with Gasteiger partial charge in [-0.2, -0.15) is 0 Å². The molecule has 4 heteroatoms. The molecule has 2 aliphatic heterocycles. The lowest BCUT2D eigenvalue weighted by Gasteiger charge is -2.31. The third-order valence-corrected chi connectivity index (χ3v) is 4.24. The number of rotatable bonds is 5. The lowest BCUT2D eigenvalue weighted by atomic mass is 10.0. The molecule has 4 unspecified atom stereocenters. The fraction of sp³-hybridized carbons (Fsp3) is 0.933. The molecular formula is C15H28N2O2. The van der Waals surface area contributed by atoms with Crippen molar-refractivity contribution < 1.29 is 9.53 Å². The van der Waals surface area contributed by atoms with Gasteiger partial charge in [0.2, 0.25) is 5.91 Å². The molecule has 2 aliphatic rings. The molecule has 0 radical (unpaired) electrons. The summed E-state index contributed by atoms with van der Waals surface area (Å²) in [5, 5.41) is 3.54. The molecule has 0 aromatic rings. The molecule has 0 aliphatic carbocycles. The fourth-order valence-corrected chi connectivity index (χ4v) is 3.33. The molecule has 2 fully saturated rings. The topological polar surface area (TPSA) is 41.6 Å². The predicted octanol–water partition coefficient (Wildman–Crippen LogP) is 2.14. The first-order chi connectivity index (χ1) is 9.04. The van der Waals surface area contributed by atoms with Gasteiger partial charge < -0.3 is 9.64 Å². The van der Waals surface area contributed by atoms with E-state index in [0.29, 0.717) is 5.92 Å². The summed E-state index contributed by atoms with van der Waals surface area (Å²) in [6.07, 6.45) is 4.40. The van der Waals surface area contributed by atoms with E-state index in [2.05, 4.69) is 37.9 Å². The van der Waals surface area contributed by atoms with Crippen molar-refractivity contribution in [3.8, 4) is 0 Å². The van der Waals surface area contributed by atoms with Crippen LogP contribution in [-0.2, 0) is 9.53 Å². The largest absolute Gasteiger partial charge is 0.376 e. The van der Waals surface area contributed by atoms with Gasteiger partial charge in [-0.1, -0.05) is 27.2 Å². The van der Waals surface area contributed by atoms with Crippen molar-refractivity contribution in [1.82, 2.24) is 10.2 Å². The second-order valence-electron chi connectivity index (χ2n) is 6.33. The van der Waals surface area contributed by atoms with Crippen LogP contribution < -0.4 is 5.32 Å². The Hall–Kier alpha value is -0.610. The number of hydrogen-bond donors (Lipinski definition) is 1. The molecule has 2 saturated heterocycles. The lowest BCUT2D eigenvalue weighted by molar-refractivity contribution is -0.133. The minimum atomic E-state index is 0.00403. The fourth-order valence-electron chi connectivity index (χ4n) is 3.33. The second-order valence-corrected chi connectivity index (χ2v) is 6.33. The number of amides is 1. The van der Waals surface area contributed by atoms with E-state index in [0.717, 1.165) is 32.3 Å². The van der Waals surface area contributed by atoms with Gasteiger partial charge in [0.15, 0.2) is 0 Å². The highest BCUT2D eigenvalue weighted by molar-refractivity contribution is 5.84. The molecule has 0 saturated carbocycles. The van der Waals surface area contributed by atoms with E-state index in [1.807, 2.05) is 0 Å². The van der Waals surface area contributed by atoms with Crippen LogP contribution in [0.4, 0.5) is 0 Å². The molecule has 110 valence electrons. The van der Waals surface area contributed by atoms with Crippen molar-refractivity contribution in [1.29, 1.82) is 0 Å². The molecule has 4 nitrogen and oxygen atoms in total. The summed E-state index contributed by atoms with van der Waals surface area (Å²) in [4.78, 5) is 14.8. The van der Waals surface area contributed by atoms with Crippen molar-refractivity contribution in [2.24, 2.45) is 5.92 Å². The first-order valence-corrected chi connectivity index (χ1v) is 7.74. The van der Waals surface area contributed by atoms with Crippen molar-refractivity contribution in [2.75, 3.05) is 6.61 Å². The van der Waals surface area contributed by atoms with Crippen LogP contribution in [0.3, 0.4) is 0 Å². The van der Waals surface area contributed by atoms with Crippen LogP contribution in [0.5, 0.6) is 0 Å². The summed E-state index contributed by atoms with van der Waals surface area (Å²) in [6, 6.07) is 0.262. The molecule has 2 rings (SSSR count). The maximum Gasteiger partial charge on any atom is 0.241 e. The van der Waals surface area contributed by atoms with Gasteiger partial charge in [-0.25, -0.2) is 0 Å². The molecule has 2 heterocycles. The third kappa shape index (κ3) is 3.11. The van der Waals surface area contributed by atoms with Gasteiger partial charge in [0.25, 0.3) is 0 Å². The Morgan fingerprint density at radius 2 is 2.21 bits per heavy atom. The zero-order chi connectivity index (χ0) is 14.0. The summed E-state index contributed by atoms with van der Waals surface area (Å²) >= 11 is 0. The summed E-state index contributed by atoms with van der Waals surface area (Å²) in [5.41, 5.74) is 0. The zero-order valence-electron chi connectivity index (χ0n) is 12.7. The molecule has 1 N–H and O–H groups in total. The van der Waals surface area contributed by atoms with Crippen LogP contribution >= 0.6 is 0 Å². The van der Waals surface area contributed by atoms with E-state index < -0.39 is 0 Å². The van der Waals surface area contributed by atoms with E-state index in [4.69, 9.17) is 4.74 Å². The Balaban J connectivity index is 2.11. The number of hydrogen-bond acceptors (Lipinski definition) is 3. The first kappa shape index (κ1) is 14.8. The molecule has 0 aromatic carbocycles. The Bertz CT molecular complexity index is 319. The standard InChI is InChI=1S/C15H28N2O2/c1-5-6-14-16-12(9-10(2)3)15(18)17(14)13-7-8-19-11(13)4/h10-14,16H,5-9H2,1-4H3. The minimum absolute atomic E-state index is 0.00403. The van der Waals surface area contributed by atoms with E-state index >= 15 is 0 Å². The molecule has 1 amide bonds. The number of ether oxygens (including phenoxy) is 1. The maximum absolute atomic E-state index is 12.7. The monoisotopic (exact) mass is 268 g/mol. The smallest absolute Gasteiger partial charge is 0.241 e. The summed E-state index contributed by atoms with van der Waals surface area (Å²) in [7, 11) is 0. The quantitative estimate of drug-likeness (QED) is 0.830. The highest BCUT2D eigenvalue weighted by Gasteiger charge is 2.45. The van der Waals surface area contributed by atoms with Gasteiger partial charge in [-0.3, -0.25) is 10.1 Å². The Morgan fingerprint density at radius 1 is 1.47 bits per heavy atom. The van der Waals surface area contributed by atoms with Gasteiger partial charge in [-0.05, 0) is 32.1 Å². The van der Waals surface area contributed by atoms with Gasteiger partial charge in [0, 0.05) is 6.61 Å². The van der Waals surface area contributed by atoms with Crippen LogP contribution in [0.2, 0.25) is 0 Å². The molecule has 4 atom stereocenters. The molecule has 19 heavy (non-hydrogen) atoms. The first-order valence-electron chi connectivity index (χ1n) is 7.74. The Labute approximate surface area is 116 Å². The van der Waals surface area contributed by atoms with Crippen molar-refractivity contribution in [3.63, 3.8) is 0 Å². The van der Waals surface area contributed by atoms with E-state index in [-0.39, 0.29) is 30.3 Å².